The minimum absolute atomic E-state index is 0.0136. The van der Waals surface area contributed by atoms with E-state index < -0.39 is 39.8 Å². The Morgan fingerprint density at radius 2 is 1.66 bits per heavy atom. The molecule has 1 amide bonds. The van der Waals surface area contributed by atoms with Crippen LogP contribution in [0.1, 0.15) is 0 Å². The zero-order valence-electron chi connectivity index (χ0n) is 14.7. The number of nitrogens with zero attached hydrogens (tertiary/aromatic N) is 1. The highest BCUT2D eigenvalue weighted by molar-refractivity contribution is 7.93. The van der Waals surface area contributed by atoms with Crippen LogP contribution in [0.2, 0.25) is 5.02 Å². The minimum Gasteiger partial charge on any atom is -0.320 e. The van der Waals surface area contributed by atoms with Crippen LogP contribution in [0.15, 0.2) is 65.6 Å². The largest absolute Gasteiger partial charge is 0.320 e. The van der Waals surface area contributed by atoms with Gasteiger partial charge in [-0.15, -0.1) is 0 Å². The number of carbonyl (C=O) groups is 1. The van der Waals surface area contributed by atoms with E-state index in [1.165, 1.54) is 18.2 Å². The number of sulfonamides is 1. The average Bonchev–Trinajstić information content (AvgIpc) is 2.68. The first-order valence-corrected chi connectivity index (χ1v) is 10.3. The van der Waals surface area contributed by atoms with Crippen LogP contribution in [0.3, 0.4) is 0 Å². The molecule has 3 aromatic rings. The van der Waals surface area contributed by atoms with Crippen LogP contribution in [-0.2, 0) is 14.8 Å². The molecule has 0 aliphatic carbocycles. The van der Waals surface area contributed by atoms with E-state index in [2.05, 4.69) is 5.32 Å². The highest BCUT2D eigenvalue weighted by Gasteiger charge is 2.36. The summed E-state index contributed by atoms with van der Waals surface area (Å²) in [6.45, 7) is -0.668. The number of halogens is 3. The average molecular weight is 435 g/mol. The van der Waals surface area contributed by atoms with E-state index in [1.807, 2.05) is 0 Å². The number of nitrogens with one attached hydrogen (secondary N) is 1. The fourth-order valence-corrected chi connectivity index (χ4v) is 5.02. The maximum absolute atomic E-state index is 13.8. The molecule has 1 aliphatic rings. The number of amides is 1. The van der Waals surface area contributed by atoms with Gasteiger partial charge < -0.3 is 5.32 Å². The number of rotatable bonds is 3. The topological polar surface area (TPSA) is 66.5 Å². The maximum Gasteiger partial charge on any atom is 0.265 e. The summed E-state index contributed by atoms with van der Waals surface area (Å²) in [5.74, 6) is -2.81. The van der Waals surface area contributed by atoms with E-state index in [0.29, 0.717) is 16.1 Å². The molecular weight excluding hydrogens is 422 g/mol. The summed E-state index contributed by atoms with van der Waals surface area (Å²) in [5, 5.41) is 2.51. The van der Waals surface area contributed by atoms with Gasteiger partial charge in [-0.05, 0) is 36.4 Å². The molecule has 148 valence electrons. The van der Waals surface area contributed by atoms with Crippen molar-refractivity contribution in [2.24, 2.45) is 0 Å². The molecule has 9 heteroatoms. The standard InChI is InChI=1S/C20H13ClF2N2O3S/c21-12-8-9-17-14(10-12)13-4-1-2-7-18(13)29(27,28)25(17)11-19(26)24-20-15(22)5-3-6-16(20)23/h1-10H,11H2,(H,24,26). The predicted octanol–water partition coefficient (Wildman–Crippen LogP) is 4.43. The lowest BCUT2D eigenvalue weighted by Gasteiger charge is -2.31. The van der Waals surface area contributed by atoms with E-state index in [-0.39, 0.29) is 10.6 Å². The van der Waals surface area contributed by atoms with Gasteiger partial charge in [0.2, 0.25) is 5.91 Å². The molecule has 0 saturated heterocycles. The number of carbonyl (C=O) groups excluding carboxylic acids is 1. The van der Waals surface area contributed by atoms with E-state index >= 15 is 0 Å². The lowest BCUT2D eigenvalue weighted by atomic mass is 10.0. The van der Waals surface area contributed by atoms with Gasteiger partial charge in [0.1, 0.15) is 23.9 Å². The van der Waals surface area contributed by atoms with Crippen molar-refractivity contribution in [3.63, 3.8) is 0 Å². The normalized spacial score (nSPS) is 14.1. The SMILES string of the molecule is O=C(CN1c2ccc(Cl)cc2-c2ccccc2S1(=O)=O)Nc1c(F)cccc1F. The minimum atomic E-state index is -4.07. The summed E-state index contributed by atoms with van der Waals surface area (Å²) in [5.41, 5.74) is 0.607. The number of fused-ring (bicyclic) bond motifs is 3. The fourth-order valence-electron chi connectivity index (χ4n) is 3.20. The fraction of sp³-hybridized carbons (Fsp3) is 0.0500. The Hall–Kier alpha value is -2.97. The van der Waals surface area contributed by atoms with Crippen molar-refractivity contribution in [3.8, 4) is 11.1 Å². The van der Waals surface area contributed by atoms with Crippen molar-refractivity contribution >= 4 is 38.9 Å². The zero-order chi connectivity index (χ0) is 20.8. The lowest BCUT2D eigenvalue weighted by Crippen LogP contribution is -2.40. The molecule has 1 aliphatic heterocycles. The molecule has 0 spiro atoms. The van der Waals surface area contributed by atoms with Gasteiger partial charge in [-0.25, -0.2) is 17.2 Å². The number of benzene rings is 3. The highest BCUT2D eigenvalue weighted by Crippen LogP contribution is 2.43. The van der Waals surface area contributed by atoms with Crippen molar-refractivity contribution < 1.29 is 22.0 Å². The van der Waals surface area contributed by atoms with Gasteiger partial charge in [-0.3, -0.25) is 9.10 Å². The monoisotopic (exact) mass is 434 g/mol. The smallest absolute Gasteiger partial charge is 0.265 e. The van der Waals surface area contributed by atoms with E-state index in [0.717, 1.165) is 22.5 Å². The van der Waals surface area contributed by atoms with Gasteiger partial charge in [-0.1, -0.05) is 35.9 Å². The third-order valence-corrected chi connectivity index (χ3v) is 6.54. The molecule has 0 aromatic heterocycles. The van der Waals surface area contributed by atoms with E-state index in [4.69, 9.17) is 11.6 Å². The molecule has 5 nitrogen and oxygen atoms in total. The number of hydrogen-bond acceptors (Lipinski definition) is 3. The molecule has 3 aromatic carbocycles. The Kier molecular flexibility index (Phi) is 4.76. The van der Waals surface area contributed by atoms with Gasteiger partial charge in [0.15, 0.2) is 0 Å². The Morgan fingerprint density at radius 3 is 2.38 bits per heavy atom. The predicted molar refractivity (Wildman–Crippen MR) is 106 cm³/mol. The van der Waals surface area contributed by atoms with Gasteiger partial charge in [-0.2, -0.15) is 0 Å². The second kappa shape index (κ2) is 7.13. The van der Waals surface area contributed by atoms with E-state index in [9.17, 15) is 22.0 Å². The second-order valence-corrected chi connectivity index (χ2v) is 8.58. The molecule has 29 heavy (non-hydrogen) atoms. The van der Waals surface area contributed by atoms with Gasteiger partial charge in [0.05, 0.1) is 10.6 Å². The molecular formula is C20H13ClF2N2O3S. The van der Waals surface area contributed by atoms with Crippen LogP contribution in [0.25, 0.3) is 11.1 Å². The molecule has 0 bridgehead atoms. The summed E-state index contributed by atoms with van der Waals surface area (Å²) in [7, 11) is -4.07. The van der Waals surface area contributed by atoms with Crippen LogP contribution in [0, 0.1) is 11.6 Å². The van der Waals surface area contributed by atoms with Crippen LogP contribution in [-0.4, -0.2) is 20.9 Å². The second-order valence-electron chi connectivity index (χ2n) is 6.31. The lowest BCUT2D eigenvalue weighted by molar-refractivity contribution is -0.114. The van der Waals surface area contributed by atoms with Crippen LogP contribution >= 0.6 is 11.6 Å². The summed E-state index contributed by atoms with van der Waals surface area (Å²) >= 11 is 6.08. The van der Waals surface area contributed by atoms with Crippen LogP contribution in [0.4, 0.5) is 20.2 Å². The Balaban J connectivity index is 1.75. The van der Waals surface area contributed by atoms with Crippen molar-refractivity contribution in [2.45, 2.75) is 4.90 Å². The molecule has 0 unspecified atom stereocenters. The van der Waals surface area contributed by atoms with Gasteiger partial charge >= 0.3 is 0 Å². The quantitative estimate of drug-likeness (QED) is 0.663. The zero-order valence-corrected chi connectivity index (χ0v) is 16.3. The van der Waals surface area contributed by atoms with Crippen molar-refractivity contribution in [1.82, 2.24) is 0 Å². The molecule has 0 atom stereocenters. The van der Waals surface area contributed by atoms with E-state index in [1.54, 1.807) is 24.3 Å². The summed E-state index contributed by atoms with van der Waals surface area (Å²) in [4.78, 5) is 12.5. The first kappa shape index (κ1) is 19.4. The Bertz CT molecular complexity index is 1230. The first-order valence-electron chi connectivity index (χ1n) is 8.44. The van der Waals surface area contributed by atoms with Crippen molar-refractivity contribution in [3.05, 3.63) is 77.3 Å². The molecule has 4 rings (SSSR count). The number of para-hydroxylation sites is 1. The molecule has 0 radical (unpaired) electrons. The molecule has 1 heterocycles. The third-order valence-electron chi connectivity index (χ3n) is 4.49. The van der Waals surface area contributed by atoms with Gasteiger partial charge in [0, 0.05) is 16.1 Å². The molecule has 0 saturated carbocycles. The summed E-state index contributed by atoms with van der Waals surface area (Å²) in [6, 6.07) is 14.1. The van der Waals surface area contributed by atoms with Crippen molar-refractivity contribution in [1.29, 1.82) is 0 Å². The Labute approximate surface area is 170 Å². The van der Waals surface area contributed by atoms with Crippen LogP contribution < -0.4 is 9.62 Å². The summed E-state index contributed by atoms with van der Waals surface area (Å²) < 4.78 is 54.8. The van der Waals surface area contributed by atoms with Crippen LogP contribution in [0.5, 0.6) is 0 Å². The maximum atomic E-state index is 13.8. The highest BCUT2D eigenvalue weighted by atomic mass is 35.5. The number of anilines is 2. The summed E-state index contributed by atoms with van der Waals surface area (Å²) in [6.07, 6.45) is 0. The first-order chi connectivity index (χ1) is 13.8. The van der Waals surface area contributed by atoms with Crippen molar-refractivity contribution in [2.75, 3.05) is 16.2 Å². The molecule has 0 fully saturated rings. The number of hydrogen-bond donors (Lipinski definition) is 1. The third kappa shape index (κ3) is 3.34. The molecule has 1 N–H and O–H groups in total. The van der Waals surface area contributed by atoms with Gasteiger partial charge in [0.25, 0.3) is 10.0 Å². The Morgan fingerprint density at radius 1 is 0.966 bits per heavy atom.